The van der Waals surface area contributed by atoms with Crippen LogP contribution >= 0.6 is 0 Å². The number of piperidine rings is 1. The van der Waals surface area contributed by atoms with Gasteiger partial charge in [0.15, 0.2) is 5.82 Å². The van der Waals surface area contributed by atoms with E-state index in [0.29, 0.717) is 11.8 Å². The Morgan fingerprint density at radius 2 is 1.81 bits per heavy atom. The normalized spacial score (nSPS) is 23.0. The van der Waals surface area contributed by atoms with Crippen molar-refractivity contribution in [3.05, 3.63) is 47.1 Å². The third kappa shape index (κ3) is 2.60. The second-order valence-corrected chi connectivity index (χ2v) is 6.22. The van der Waals surface area contributed by atoms with Crippen molar-refractivity contribution in [2.24, 2.45) is 0 Å². The Labute approximate surface area is 124 Å². The smallest absolute Gasteiger partial charge is 0.229 e. The summed E-state index contributed by atoms with van der Waals surface area (Å²) >= 11 is 0. The predicted octanol–water partition coefficient (Wildman–Crippen LogP) is 2.81. The molecule has 2 aromatic rings. The fourth-order valence-electron chi connectivity index (χ4n) is 3.57. The summed E-state index contributed by atoms with van der Waals surface area (Å²) in [5.74, 6) is 2.63. The number of fused-ring (bicyclic) bond motifs is 1. The highest BCUT2D eigenvalue weighted by atomic mass is 16.5. The van der Waals surface area contributed by atoms with E-state index in [9.17, 15) is 0 Å². The van der Waals surface area contributed by atoms with Gasteiger partial charge in [-0.2, -0.15) is 4.98 Å². The fourth-order valence-corrected chi connectivity index (χ4v) is 3.57. The predicted molar refractivity (Wildman–Crippen MR) is 80.4 cm³/mol. The zero-order valence-corrected chi connectivity index (χ0v) is 12.2. The third-order valence-corrected chi connectivity index (χ3v) is 4.86. The first-order chi connectivity index (χ1) is 10.4. The van der Waals surface area contributed by atoms with Crippen molar-refractivity contribution in [1.82, 2.24) is 15.5 Å². The van der Waals surface area contributed by atoms with Crippen LogP contribution in [0.3, 0.4) is 0 Å². The molecule has 0 amide bonds. The minimum Gasteiger partial charge on any atom is -0.339 e. The van der Waals surface area contributed by atoms with E-state index in [2.05, 4.69) is 34.7 Å². The van der Waals surface area contributed by atoms with E-state index in [0.717, 1.165) is 56.9 Å². The molecule has 1 N–H and O–H groups in total. The molecule has 1 aromatic carbocycles. The maximum Gasteiger partial charge on any atom is 0.229 e. The molecule has 0 spiro atoms. The van der Waals surface area contributed by atoms with Gasteiger partial charge in [-0.3, -0.25) is 0 Å². The van der Waals surface area contributed by atoms with Crippen LogP contribution in [0, 0.1) is 0 Å². The lowest BCUT2D eigenvalue weighted by atomic mass is 9.83. The molecule has 0 bridgehead atoms. The van der Waals surface area contributed by atoms with Crippen LogP contribution in [-0.2, 0) is 12.8 Å². The van der Waals surface area contributed by atoms with Crippen LogP contribution in [0.1, 0.15) is 53.9 Å². The molecule has 0 radical (unpaired) electrons. The molecule has 21 heavy (non-hydrogen) atoms. The Balaban J connectivity index is 1.51. The maximum atomic E-state index is 5.56. The topological polar surface area (TPSA) is 51.0 Å². The van der Waals surface area contributed by atoms with Crippen molar-refractivity contribution >= 4 is 0 Å². The maximum absolute atomic E-state index is 5.56. The van der Waals surface area contributed by atoms with Crippen molar-refractivity contribution in [3.63, 3.8) is 0 Å². The molecular weight excluding hydrogens is 262 g/mol. The Bertz CT molecular complexity index is 616. The Hall–Kier alpha value is -1.68. The van der Waals surface area contributed by atoms with E-state index >= 15 is 0 Å². The molecule has 1 saturated heterocycles. The first-order valence-corrected chi connectivity index (χ1v) is 8.01. The Kier molecular flexibility index (Phi) is 3.47. The summed E-state index contributed by atoms with van der Waals surface area (Å²) < 4.78 is 5.56. The number of benzene rings is 1. The average molecular weight is 283 g/mol. The third-order valence-electron chi connectivity index (χ3n) is 4.86. The van der Waals surface area contributed by atoms with E-state index in [-0.39, 0.29) is 0 Å². The molecule has 2 aliphatic rings. The molecule has 4 rings (SSSR count). The van der Waals surface area contributed by atoms with E-state index in [4.69, 9.17) is 9.51 Å². The molecule has 2 heterocycles. The second kappa shape index (κ2) is 5.60. The van der Waals surface area contributed by atoms with Gasteiger partial charge >= 0.3 is 0 Å². The van der Waals surface area contributed by atoms with Gasteiger partial charge in [0, 0.05) is 11.8 Å². The zero-order valence-electron chi connectivity index (χ0n) is 12.2. The summed E-state index contributed by atoms with van der Waals surface area (Å²) in [6.07, 6.45) is 5.51. The molecule has 1 aliphatic carbocycles. The zero-order chi connectivity index (χ0) is 14.1. The van der Waals surface area contributed by atoms with Gasteiger partial charge < -0.3 is 9.84 Å². The Morgan fingerprint density at radius 3 is 2.67 bits per heavy atom. The minimum absolute atomic E-state index is 0.416. The summed E-state index contributed by atoms with van der Waals surface area (Å²) in [6.45, 7) is 2.11. The first kappa shape index (κ1) is 13.0. The number of rotatable bonds is 2. The van der Waals surface area contributed by atoms with Crippen molar-refractivity contribution in [2.45, 2.75) is 43.9 Å². The van der Waals surface area contributed by atoms with Gasteiger partial charge in [-0.1, -0.05) is 29.4 Å². The van der Waals surface area contributed by atoms with Crippen molar-refractivity contribution < 1.29 is 4.52 Å². The second-order valence-electron chi connectivity index (χ2n) is 6.22. The molecule has 1 aromatic heterocycles. The summed E-state index contributed by atoms with van der Waals surface area (Å²) in [5.41, 5.74) is 2.93. The number of hydrogen-bond acceptors (Lipinski definition) is 4. The average Bonchev–Trinajstić information content (AvgIpc) is 3.05. The summed E-state index contributed by atoms with van der Waals surface area (Å²) in [6, 6.07) is 8.72. The van der Waals surface area contributed by atoms with Gasteiger partial charge in [0.05, 0.1) is 0 Å². The number of nitrogens with zero attached hydrogens (tertiary/aromatic N) is 2. The van der Waals surface area contributed by atoms with E-state index in [1.807, 2.05) is 0 Å². The van der Waals surface area contributed by atoms with E-state index in [1.54, 1.807) is 0 Å². The quantitative estimate of drug-likeness (QED) is 0.921. The van der Waals surface area contributed by atoms with Gasteiger partial charge in [0.1, 0.15) is 0 Å². The van der Waals surface area contributed by atoms with E-state index in [1.165, 1.54) is 11.1 Å². The van der Waals surface area contributed by atoms with Gasteiger partial charge in [0.25, 0.3) is 0 Å². The largest absolute Gasteiger partial charge is 0.339 e. The lowest BCUT2D eigenvalue weighted by Gasteiger charge is -2.22. The molecular formula is C17H21N3O. The van der Waals surface area contributed by atoms with Crippen LogP contribution in [0.5, 0.6) is 0 Å². The highest BCUT2D eigenvalue weighted by Gasteiger charge is 2.26. The molecule has 110 valence electrons. The molecule has 1 unspecified atom stereocenters. The van der Waals surface area contributed by atoms with Crippen molar-refractivity contribution in [3.8, 4) is 0 Å². The van der Waals surface area contributed by atoms with Gasteiger partial charge in [0.2, 0.25) is 5.89 Å². The lowest BCUT2D eigenvalue weighted by molar-refractivity contribution is 0.316. The molecule has 1 atom stereocenters. The molecule has 1 fully saturated rings. The van der Waals surface area contributed by atoms with Crippen molar-refractivity contribution in [1.29, 1.82) is 0 Å². The molecule has 1 aliphatic heterocycles. The van der Waals surface area contributed by atoms with Gasteiger partial charge in [-0.05, 0) is 56.3 Å². The molecule has 0 saturated carbocycles. The fraction of sp³-hybridized carbons (Fsp3) is 0.529. The van der Waals surface area contributed by atoms with Crippen molar-refractivity contribution in [2.75, 3.05) is 13.1 Å². The monoisotopic (exact) mass is 283 g/mol. The number of aromatic nitrogens is 2. The molecule has 4 nitrogen and oxygen atoms in total. The van der Waals surface area contributed by atoms with E-state index < -0.39 is 0 Å². The standard InChI is InChI=1S/C17H21N3O/c1-2-4-14-11-15(6-5-12(14)3-1)16-19-17(21-20-16)13-7-9-18-10-8-13/h1-4,13,15,18H,5-11H2. The number of hydrogen-bond donors (Lipinski definition) is 1. The van der Waals surface area contributed by atoms with Crippen LogP contribution in [0.4, 0.5) is 0 Å². The summed E-state index contributed by atoms with van der Waals surface area (Å²) in [5, 5.41) is 7.66. The van der Waals surface area contributed by atoms with Crippen LogP contribution in [-0.4, -0.2) is 23.2 Å². The summed E-state index contributed by atoms with van der Waals surface area (Å²) in [7, 11) is 0. The molecule has 4 heteroatoms. The van der Waals surface area contributed by atoms with Crippen LogP contribution in [0.25, 0.3) is 0 Å². The van der Waals surface area contributed by atoms with Crippen LogP contribution in [0.2, 0.25) is 0 Å². The highest BCUT2D eigenvalue weighted by Crippen LogP contribution is 2.32. The lowest BCUT2D eigenvalue weighted by Crippen LogP contribution is -2.26. The SMILES string of the molecule is c1ccc2c(c1)CCC(c1noc(C3CCNCC3)n1)C2. The van der Waals surface area contributed by atoms with Crippen LogP contribution < -0.4 is 5.32 Å². The number of nitrogens with one attached hydrogen (secondary N) is 1. The first-order valence-electron chi connectivity index (χ1n) is 8.01. The number of aryl methyl sites for hydroxylation is 1. The summed E-state index contributed by atoms with van der Waals surface area (Å²) in [4.78, 5) is 4.72. The Morgan fingerprint density at radius 1 is 1.00 bits per heavy atom. The highest BCUT2D eigenvalue weighted by molar-refractivity contribution is 5.31. The van der Waals surface area contributed by atoms with Gasteiger partial charge in [-0.15, -0.1) is 0 Å². The van der Waals surface area contributed by atoms with Crippen LogP contribution in [0.15, 0.2) is 28.8 Å². The minimum atomic E-state index is 0.416. The van der Waals surface area contributed by atoms with Gasteiger partial charge in [-0.25, -0.2) is 0 Å².